The van der Waals surface area contributed by atoms with Crippen LogP contribution >= 0.6 is 0 Å². The van der Waals surface area contributed by atoms with E-state index in [2.05, 4.69) is 38.7 Å². The van der Waals surface area contributed by atoms with E-state index >= 15 is 0 Å². The second kappa shape index (κ2) is 7.83. The lowest BCUT2D eigenvalue weighted by Gasteiger charge is -2.62. The van der Waals surface area contributed by atoms with Gasteiger partial charge in [0.15, 0.2) is 0 Å². The zero-order chi connectivity index (χ0) is 22.7. The van der Waals surface area contributed by atoms with E-state index in [0.29, 0.717) is 28.2 Å². The van der Waals surface area contributed by atoms with Gasteiger partial charge in [-0.2, -0.15) is 5.26 Å². The third-order valence-corrected chi connectivity index (χ3v) is 11.2. The number of hydrogen-bond donors (Lipinski definition) is 1. The van der Waals surface area contributed by atoms with Gasteiger partial charge in [0.2, 0.25) is 0 Å². The van der Waals surface area contributed by atoms with Crippen molar-refractivity contribution in [2.45, 2.75) is 97.5 Å². The maximum atomic E-state index is 10.7. The fourth-order valence-corrected chi connectivity index (χ4v) is 9.58. The lowest BCUT2D eigenvalue weighted by molar-refractivity contribution is -0.147. The Morgan fingerprint density at radius 1 is 1.03 bits per heavy atom. The Bertz CT molecular complexity index is 903. The van der Waals surface area contributed by atoms with Crippen molar-refractivity contribution in [3.05, 3.63) is 29.6 Å². The first-order valence-electron chi connectivity index (χ1n) is 13.2. The number of rotatable bonds is 3. The van der Waals surface area contributed by atoms with E-state index < -0.39 is 5.60 Å². The summed E-state index contributed by atoms with van der Waals surface area (Å²) in [6, 6.07) is 4.28. The molecule has 4 fully saturated rings. The van der Waals surface area contributed by atoms with Crippen LogP contribution in [0.2, 0.25) is 0 Å². The number of aromatic nitrogens is 1. The molecule has 4 saturated carbocycles. The van der Waals surface area contributed by atoms with Crippen LogP contribution in [-0.2, 0) is 6.42 Å². The summed E-state index contributed by atoms with van der Waals surface area (Å²) in [6.07, 6.45) is 16.1. The Hall–Kier alpha value is -1.40. The van der Waals surface area contributed by atoms with E-state index in [1.54, 1.807) is 6.20 Å². The molecular weight excluding hydrogens is 392 g/mol. The van der Waals surface area contributed by atoms with Crippen LogP contribution in [0.25, 0.3) is 0 Å². The number of pyridine rings is 1. The quantitative estimate of drug-likeness (QED) is 0.587. The van der Waals surface area contributed by atoms with Crippen LogP contribution in [0.4, 0.5) is 0 Å². The molecule has 0 unspecified atom stereocenters. The van der Waals surface area contributed by atoms with Crippen LogP contribution in [0, 0.1) is 57.7 Å². The van der Waals surface area contributed by atoms with Gasteiger partial charge in [-0.1, -0.05) is 20.8 Å². The van der Waals surface area contributed by atoms with Gasteiger partial charge in [-0.3, -0.25) is 4.98 Å². The fourth-order valence-electron chi connectivity index (χ4n) is 9.58. The molecular formula is C29H42N2O. The molecule has 4 aliphatic carbocycles. The molecule has 32 heavy (non-hydrogen) atoms. The summed E-state index contributed by atoms with van der Waals surface area (Å²) in [6.45, 7) is 9.75. The normalized spacial score (nSPS) is 46.4. The second-order valence-electron chi connectivity index (χ2n) is 13.0. The minimum absolute atomic E-state index is 0.439. The summed E-state index contributed by atoms with van der Waals surface area (Å²) in [7, 11) is 0. The highest BCUT2D eigenvalue weighted by atomic mass is 16.3. The van der Waals surface area contributed by atoms with Crippen LogP contribution in [0.15, 0.2) is 18.5 Å². The number of nitrogens with zero attached hydrogens (tertiary/aromatic N) is 2. The summed E-state index contributed by atoms with van der Waals surface area (Å²) in [4.78, 5) is 4.30. The molecule has 9 atom stereocenters. The first-order chi connectivity index (χ1) is 15.2. The summed E-state index contributed by atoms with van der Waals surface area (Å²) < 4.78 is 0. The van der Waals surface area contributed by atoms with Gasteiger partial charge < -0.3 is 5.11 Å². The van der Waals surface area contributed by atoms with Crippen molar-refractivity contribution in [3.63, 3.8) is 0 Å². The minimum atomic E-state index is -0.439. The molecule has 1 aromatic rings. The van der Waals surface area contributed by atoms with Gasteiger partial charge in [0.05, 0.1) is 11.2 Å². The molecule has 5 rings (SSSR count). The second-order valence-corrected chi connectivity index (χ2v) is 13.0. The van der Waals surface area contributed by atoms with Crippen molar-refractivity contribution in [2.75, 3.05) is 0 Å². The molecule has 0 aromatic carbocycles. The number of hydrogen-bond acceptors (Lipinski definition) is 3. The van der Waals surface area contributed by atoms with Crippen LogP contribution in [0.5, 0.6) is 0 Å². The molecule has 3 heteroatoms. The lowest BCUT2D eigenvalue weighted by atomic mass is 9.43. The van der Waals surface area contributed by atoms with E-state index in [-0.39, 0.29) is 0 Å². The average molecular weight is 435 g/mol. The lowest BCUT2D eigenvalue weighted by Crippen LogP contribution is -2.55. The molecule has 1 N–H and O–H groups in total. The topological polar surface area (TPSA) is 56.9 Å². The minimum Gasteiger partial charge on any atom is -0.390 e. The van der Waals surface area contributed by atoms with Crippen LogP contribution in [-0.4, -0.2) is 15.7 Å². The van der Waals surface area contributed by atoms with Gasteiger partial charge >= 0.3 is 0 Å². The third kappa shape index (κ3) is 3.53. The summed E-state index contributed by atoms with van der Waals surface area (Å²) in [5, 5.41) is 20.0. The SMILES string of the molecule is C[C@H](Cc1cncc(C#N)c1)[C@H]1CC[C@H]2[C@@H]3CC[C@@H]4C[C@](C)(O)CC[C@]4(C)[C@H]3CC[C@]12C. The molecule has 0 aliphatic heterocycles. The van der Waals surface area contributed by atoms with E-state index in [1.807, 2.05) is 12.3 Å². The van der Waals surface area contributed by atoms with Gasteiger partial charge in [0.1, 0.15) is 6.07 Å². The number of fused-ring (bicyclic) bond motifs is 5. The van der Waals surface area contributed by atoms with Gasteiger partial charge in [-0.05, 0) is 129 Å². The predicted octanol–water partition coefficient (Wildman–Crippen LogP) is 6.54. The molecule has 1 heterocycles. The maximum absolute atomic E-state index is 10.7. The molecule has 3 nitrogen and oxygen atoms in total. The number of aliphatic hydroxyl groups is 1. The summed E-state index contributed by atoms with van der Waals surface area (Å²) in [5.41, 5.74) is 2.37. The van der Waals surface area contributed by atoms with E-state index in [9.17, 15) is 10.4 Å². The van der Waals surface area contributed by atoms with Crippen molar-refractivity contribution < 1.29 is 5.11 Å². The first-order valence-corrected chi connectivity index (χ1v) is 13.2. The highest BCUT2D eigenvalue weighted by molar-refractivity contribution is 5.29. The Morgan fingerprint density at radius 3 is 2.59 bits per heavy atom. The molecule has 0 saturated heterocycles. The Kier molecular flexibility index (Phi) is 5.48. The van der Waals surface area contributed by atoms with E-state index in [4.69, 9.17) is 0 Å². The van der Waals surface area contributed by atoms with Crippen molar-refractivity contribution in [1.29, 1.82) is 5.26 Å². The highest BCUT2D eigenvalue weighted by Crippen LogP contribution is 2.68. The first kappa shape index (κ1) is 22.4. The molecule has 0 spiro atoms. The summed E-state index contributed by atoms with van der Waals surface area (Å²) in [5.74, 6) is 4.75. The molecule has 0 amide bonds. The Balaban J connectivity index is 1.33. The van der Waals surface area contributed by atoms with Crippen LogP contribution in [0.3, 0.4) is 0 Å². The van der Waals surface area contributed by atoms with Crippen LogP contribution in [0.1, 0.15) is 96.6 Å². The van der Waals surface area contributed by atoms with E-state index in [1.165, 1.54) is 50.5 Å². The Labute approximate surface area is 195 Å². The fraction of sp³-hybridized carbons (Fsp3) is 0.793. The van der Waals surface area contributed by atoms with Gasteiger partial charge in [0.25, 0.3) is 0 Å². The highest BCUT2D eigenvalue weighted by Gasteiger charge is 2.61. The van der Waals surface area contributed by atoms with Crippen molar-refractivity contribution in [2.24, 2.45) is 46.3 Å². The standard InChI is InChI=1S/C29H42N2O/c1-19(13-20-14-21(16-30)18-31-17-20)24-7-8-25-23-6-5-22-15-27(2,32)11-12-28(22,3)26(23)9-10-29(24,25)4/h14,17-19,22-26,32H,5-13,15H2,1-4H3/t19-,22-,23+,24-,25+,26+,27-,28+,29-/m1/s1. The van der Waals surface area contributed by atoms with Crippen molar-refractivity contribution >= 4 is 0 Å². The Morgan fingerprint density at radius 2 is 1.81 bits per heavy atom. The number of nitriles is 1. The van der Waals surface area contributed by atoms with Crippen molar-refractivity contribution in [1.82, 2.24) is 4.98 Å². The zero-order valence-corrected chi connectivity index (χ0v) is 20.6. The molecule has 0 bridgehead atoms. The molecule has 174 valence electrons. The van der Waals surface area contributed by atoms with E-state index in [0.717, 1.165) is 42.9 Å². The monoisotopic (exact) mass is 434 g/mol. The third-order valence-electron chi connectivity index (χ3n) is 11.2. The molecule has 1 aromatic heterocycles. The summed E-state index contributed by atoms with van der Waals surface area (Å²) >= 11 is 0. The molecule has 4 aliphatic rings. The smallest absolute Gasteiger partial charge is 0.101 e. The van der Waals surface area contributed by atoms with Crippen molar-refractivity contribution in [3.8, 4) is 6.07 Å². The molecule has 0 radical (unpaired) electrons. The largest absolute Gasteiger partial charge is 0.390 e. The zero-order valence-electron chi connectivity index (χ0n) is 20.6. The predicted molar refractivity (Wildman–Crippen MR) is 128 cm³/mol. The maximum Gasteiger partial charge on any atom is 0.101 e. The van der Waals surface area contributed by atoms with Gasteiger partial charge in [0, 0.05) is 12.4 Å². The van der Waals surface area contributed by atoms with Gasteiger partial charge in [-0.15, -0.1) is 0 Å². The van der Waals surface area contributed by atoms with Gasteiger partial charge in [-0.25, -0.2) is 0 Å². The average Bonchev–Trinajstić information content (AvgIpc) is 3.11. The van der Waals surface area contributed by atoms with Crippen LogP contribution < -0.4 is 0 Å².